The maximum absolute atomic E-state index is 12.0. The highest BCUT2D eigenvalue weighted by atomic mass is 32.1. The van der Waals surface area contributed by atoms with E-state index in [0.29, 0.717) is 12.3 Å². The van der Waals surface area contributed by atoms with Gasteiger partial charge in [-0.2, -0.15) is 0 Å². The second-order valence-corrected chi connectivity index (χ2v) is 6.95. The smallest absolute Gasteiger partial charge is 0.174 e. The SMILES string of the molecule is CCC(=O)c1sc(N2CCC(C)C2)c(C2CC2)c1N. The molecule has 0 spiro atoms. The fourth-order valence-corrected chi connectivity index (χ4v) is 4.29. The number of ketones is 1. The standard InChI is InChI=1S/C15H22N2OS/c1-3-11(18)14-13(16)12(10-4-5-10)15(19-14)17-7-6-9(2)8-17/h9-10H,3-8,16H2,1-2H3. The molecule has 1 aliphatic carbocycles. The van der Waals surface area contributed by atoms with E-state index in [2.05, 4.69) is 11.8 Å². The van der Waals surface area contributed by atoms with Gasteiger partial charge in [0.25, 0.3) is 0 Å². The number of Topliss-reactive ketones (excluding diaryl/α,β-unsaturated/α-hetero) is 1. The molecule has 2 heterocycles. The van der Waals surface area contributed by atoms with Crippen molar-refractivity contribution in [3.05, 3.63) is 10.4 Å². The van der Waals surface area contributed by atoms with Gasteiger partial charge in [0, 0.05) is 25.1 Å². The van der Waals surface area contributed by atoms with Crippen LogP contribution < -0.4 is 10.6 Å². The van der Waals surface area contributed by atoms with Crippen molar-refractivity contribution in [2.24, 2.45) is 5.92 Å². The lowest BCUT2D eigenvalue weighted by atomic mass is 10.1. The van der Waals surface area contributed by atoms with Crippen molar-refractivity contribution in [2.75, 3.05) is 23.7 Å². The van der Waals surface area contributed by atoms with Crippen LogP contribution >= 0.6 is 11.3 Å². The van der Waals surface area contributed by atoms with Gasteiger partial charge in [-0.25, -0.2) is 0 Å². The van der Waals surface area contributed by atoms with Gasteiger partial charge in [-0.15, -0.1) is 11.3 Å². The lowest BCUT2D eigenvalue weighted by Crippen LogP contribution is -2.19. The number of carbonyl (C=O) groups is 1. The Morgan fingerprint density at radius 3 is 2.68 bits per heavy atom. The molecule has 1 aromatic heterocycles. The number of hydrogen-bond donors (Lipinski definition) is 1. The van der Waals surface area contributed by atoms with Crippen LogP contribution in [0.3, 0.4) is 0 Å². The van der Waals surface area contributed by atoms with Gasteiger partial charge >= 0.3 is 0 Å². The van der Waals surface area contributed by atoms with Crippen molar-refractivity contribution in [3.63, 3.8) is 0 Å². The Bertz CT molecular complexity index is 504. The number of rotatable bonds is 4. The highest BCUT2D eigenvalue weighted by molar-refractivity contribution is 7.19. The molecule has 1 aliphatic heterocycles. The lowest BCUT2D eigenvalue weighted by molar-refractivity contribution is 0.0993. The molecule has 1 aromatic rings. The van der Waals surface area contributed by atoms with Gasteiger partial charge in [-0.05, 0) is 31.1 Å². The van der Waals surface area contributed by atoms with E-state index in [1.807, 2.05) is 6.92 Å². The van der Waals surface area contributed by atoms with Gasteiger partial charge in [0.15, 0.2) is 5.78 Å². The molecule has 1 atom stereocenters. The largest absolute Gasteiger partial charge is 0.397 e. The first kappa shape index (κ1) is 13.0. The third-order valence-corrected chi connectivity index (χ3v) is 5.56. The number of thiophene rings is 1. The van der Waals surface area contributed by atoms with Gasteiger partial charge in [-0.3, -0.25) is 4.79 Å². The summed E-state index contributed by atoms with van der Waals surface area (Å²) in [6.45, 7) is 6.43. The number of anilines is 2. The molecule has 2 aliphatic rings. The Morgan fingerprint density at radius 2 is 2.16 bits per heavy atom. The predicted octanol–water partition coefficient (Wildman–Crippen LogP) is 3.65. The predicted molar refractivity (Wildman–Crippen MR) is 81.3 cm³/mol. The molecule has 104 valence electrons. The minimum atomic E-state index is 0.197. The maximum atomic E-state index is 12.0. The molecule has 1 unspecified atom stereocenters. The molecule has 3 nitrogen and oxygen atoms in total. The topological polar surface area (TPSA) is 46.3 Å². The van der Waals surface area contributed by atoms with Crippen LogP contribution in [0.25, 0.3) is 0 Å². The number of nitrogens with two attached hydrogens (primary N) is 1. The van der Waals surface area contributed by atoms with Gasteiger partial charge < -0.3 is 10.6 Å². The van der Waals surface area contributed by atoms with Crippen molar-refractivity contribution in [1.82, 2.24) is 0 Å². The van der Waals surface area contributed by atoms with Crippen LogP contribution in [0.2, 0.25) is 0 Å². The molecule has 0 amide bonds. The van der Waals surface area contributed by atoms with E-state index < -0.39 is 0 Å². The summed E-state index contributed by atoms with van der Waals surface area (Å²) < 4.78 is 0. The summed E-state index contributed by atoms with van der Waals surface area (Å²) in [6, 6.07) is 0. The second kappa shape index (κ2) is 4.82. The fraction of sp³-hybridized carbons (Fsp3) is 0.667. The molecule has 1 saturated carbocycles. The van der Waals surface area contributed by atoms with Gasteiger partial charge in [0.05, 0.1) is 15.6 Å². The Labute approximate surface area is 118 Å². The molecule has 2 fully saturated rings. The van der Waals surface area contributed by atoms with Crippen molar-refractivity contribution in [1.29, 1.82) is 0 Å². The highest BCUT2D eigenvalue weighted by Gasteiger charge is 2.35. The molecular weight excluding hydrogens is 256 g/mol. The second-order valence-electron chi connectivity index (χ2n) is 5.95. The fourth-order valence-electron chi connectivity index (χ4n) is 2.93. The van der Waals surface area contributed by atoms with Crippen LogP contribution in [0.5, 0.6) is 0 Å². The lowest BCUT2D eigenvalue weighted by Gasteiger charge is -2.18. The minimum absolute atomic E-state index is 0.197. The highest BCUT2D eigenvalue weighted by Crippen LogP contribution is 2.52. The third-order valence-electron chi connectivity index (χ3n) is 4.23. The minimum Gasteiger partial charge on any atom is -0.397 e. The molecular formula is C15H22N2OS. The molecule has 4 heteroatoms. The molecule has 0 bridgehead atoms. The first-order valence-corrected chi connectivity index (χ1v) is 8.13. The normalized spacial score (nSPS) is 23.1. The van der Waals surface area contributed by atoms with E-state index >= 15 is 0 Å². The van der Waals surface area contributed by atoms with Gasteiger partial charge in [0.2, 0.25) is 0 Å². The van der Waals surface area contributed by atoms with Crippen molar-refractivity contribution in [2.45, 2.75) is 45.4 Å². The molecule has 3 rings (SSSR count). The molecule has 2 N–H and O–H groups in total. The summed E-state index contributed by atoms with van der Waals surface area (Å²) in [5.74, 6) is 1.56. The average Bonchev–Trinajstić information content (AvgIpc) is 3.05. The number of nitrogens with zero attached hydrogens (tertiary/aromatic N) is 1. The quantitative estimate of drug-likeness (QED) is 0.855. The Morgan fingerprint density at radius 1 is 1.42 bits per heavy atom. The van der Waals surface area contributed by atoms with E-state index in [9.17, 15) is 4.79 Å². The summed E-state index contributed by atoms with van der Waals surface area (Å²) in [5, 5.41) is 1.29. The number of hydrogen-bond acceptors (Lipinski definition) is 4. The maximum Gasteiger partial charge on any atom is 0.174 e. The van der Waals surface area contributed by atoms with E-state index in [1.54, 1.807) is 11.3 Å². The third kappa shape index (κ3) is 2.27. The monoisotopic (exact) mass is 278 g/mol. The Balaban J connectivity index is 2.00. The summed E-state index contributed by atoms with van der Waals surface area (Å²) in [7, 11) is 0. The van der Waals surface area contributed by atoms with Crippen LogP contribution in [0.1, 0.15) is 60.7 Å². The first-order chi connectivity index (χ1) is 9.11. The number of carbonyl (C=O) groups excluding carboxylic acids is 1. The zero-order valence-electron chi connectivity index (χ0n) is 11.7. The molecule has 1 saturated heterocycles. The molecule has 0 radical (unpaired) electrons. The Hall–Kier alpha value is -1.03. The van der Waals surface area contributed by atoms with Gasteiger partial charge in [0.1, 0.15) is 0 Å². The van der Waals surface area contributed by atoms with Crippen LogP contribution in [0, 0.1) is 5.92 Å². The zero-order chi connectivity index (χ0) is 13.6. The van der Waals surface area contributed by atoms with Crippen LogP contribution in [-0.2, 0) is 0 Å². The molecule has 19 heavy (non-hydrogen) atoms. The summed E-state index contributed by atoms with van der Waals surface area (Å²) in [4.78, 5) is 15.3. The van der Waals surface area contributed by atoms with E-state index in [4.69, 9.17) is 5.73 Å². The summed E-state index contributed by atoms with van der Waals surface area (Å²) in [5.41, 5.74) is 8.36. The zero-order valence-corrected chi connectivity index (χ0v) is 12.6. The van der Waals surface area contributed by atoms with Crippen molar-refractivity contribution in [3.8, 4) is 0 Å². The average molecular weight is 278 g/mol. The van der Waals surface area contributed by atoms with Crippen LogP contribution in [0.15, 0.2) is 0 Å². The van der Waals surface area contributed by atoms with E-state index in [-0.39, 0.29) is 5.78 Å². The van der Waals surface area contributed by atoms with Crippen LogP contribution in [0.4, 0.5) is 10.7 Å². The number of nitrogen functional groups attached to an aromatic ring is 1. The van der Waals surface area contributed by atoms with Crippen molar-refractivity contribution >= 4 is 27.8 Å². The molecule has 0 aromatic carbocycles. The van der Waals surface area contributed by atoms with E-state index in [0.717, 1.165) is 29.6 Å². The summed E-state index contributed by atoms with van der Waals surface area (Å²) >= 11 is 1.64. The first-order valence-electron chi connectivity index (χ1n) is 7.32. The Kier molecular flexibility index (Phi) is 3.29. The van der Waals surface area contributed by atoms with E-state index in [1.165, 1.54) is 29.8 Å². The van der Waals surface area contributed by atoms with Crippen LogP contribution in [-0.4, -0.2) is 18.9 Å². The summed E-state index contributed by atoms with van der Waals surface area (Å²) in [6.07, 6.45) is 4.26. The van der Waals surface area contributed by atoms with Gasteiger partial charge in [-0.1, -0.05) is 13.8 Å². The van der Waals surface area contributed by atoms with Crippen molar-refractivity contribution < 1.29 is 4.79 Å².